The van der Waals surface area contributed by atoms with E-state index in [1.165, 1.54) is 25.5 Å². The Morgan fingerprint density at radius 1 is 1.26 bits per heavy atom. The van der Waals surface area contributed by atoms with E-state index in [4.69, 9.17) is 0 Å². The predicted octanol–water partition coefficient (Wildman–Crippen LogP) is 3.77. The van der Waals surface area contributed by atoms with Crippen LogP contribution in [-0.4, -0.2) is 16.6 Å². The van der Waals surface area contributed by atoms with Gasteiger partial charge in [-0.1, -0.05) is 30.5 Å². The second-order valence-corrected chi connectivity index (χ2v) is 6.88. The van der Waals surface area contributed by atoms with Gasteiger partial charge in [0.1, 0.15) is 0 Å². The molecule has 0 aliphatic carbocycles. The van der Waals surface area contributed by atoms with Crippen molar-refractivity contribution in [3.05, 3.63) is 44.0 Å². The number of benzene rings is 1. The van der Waals surface area contributed by atoms with Gasteiger partial charge in [-0.3, -0.25) is 0 Å². The summed E-state index contributed by atoms with van der Waals surface area (Å²) in [5.41, 5.74) is 2.46. The molecule has 0 radical (unpaired) electrons. The maximum Gasteiger partial charge on any atom is 0.0829 e. The fraction of sp³-hybridized carbons (Fsp3) is 0.429. The Balaban J connectivity index is 2.20. The summed E-state index contributed by atoms with van der Waals surface area (Å²) in [6.45, 7) is 4.33. The number of nitrogens with one attached hydrogen (secondary N) is 1. The molecular formula is C14H18IN3S. The van der Waals surface area contributed by atoms with Crippen LogP contribution in [0.4, 0.5) is 0 Å². The third kappa shape index (κ3) is 3.73. The molecule has 1 unspecified atom stereocenters. The van der Waals surface area contributed by atoms with Crippen LogP contribution in [0.25, 0.3) is 0 Å². The SMILES string of the molecule is CNC(Cc1ccc(I)cc1)c1snnc1C(C)C. The van der Waals surface area contributed by atoms with Gasteiger partial charge < -0.3 is 5.32 Å². The zero-order valence-electron chi connectivity index (χ0n) is 11.4. The maximum atomic E-state index is 4.27. The Kier molecular flexibility index (Phi) is 5.29. The number of likely N-dealkylation sites (N-methyl/N-ethyl adjacent to an activating group) is 1. The summed E-state index contributed by atoms with van der Waals surface area (Å²) in [5, 5.41) is 7.66. The molecule has 1 heterocycles. The van der Waals surface area contributed by atoms with Crippen molar-refractivity contribution in [3.8, 4) is 0 Å². The second-order valence-electron chi connectivity index (χ2n) is 4.85. The molecule has 0 amide bonds. The molecular weight excluding hydrogens is 369 g/mol. The van der Waals surface area contributed by atoms with E-state index in [1.54, 1.807) is 0 Å². The van der Waals surface area contributed by atoms with Gasteiger partial charge in [0.2, 0.25) is 0 Å². The minimum absolute atomic E-state index is 0.289. The van der Waals surface area contributed by atoms with Gasteiger partial charge in [-0.2, -0.15) is 0 Å². The van der Waals surface area contributed by atoms with Crippen LogP contribution in [0.2, 0.25) is 0 Å². The maximum absolute atomic E-state index is 4.27. The van der Waals surface area contributed by atoms with E-state index < -0.39 is 0 Å². The van der Waals surface area contributed by atoms with Gasteiger partial charge in [-0.05, 0) is 71.2 Å². The van der Waals surface area contributed by atoms with Gasteiger partial charge >= 0.3 is 0 Å². The molecule has 0 spiro atoms. The topological polar surface area (TPSA) is 37.8 Å². The van der Waals surface area contributed by atoms with Gasteiger partial charge in [-0.15, -0.1) is 5.10 Å². The van der Waals surface area contributed by atoms with Crippen molar-refractivity contribution in [1.82, 2.24) is 14.9 Å². The third-order valence-electron chi connectivity index (χ3n) is 3.11. The first-order valence-electron chi connectivity index (χ1n) is 6.35. The van der Waals surface area contributed by atoms with Crippen molar-refractivity contribution in [2.75, 3.05) is 7.05 Å². The highest BCUT2D eigenvalue weighted by molar-refractivity contribution is 14.1. The molecule has 0 saturated heterocycles. The third-order valence-corrected chi connectivity index (χ3v) is 4.68. The van der Waals surface area contributed by atoms with Crippen LogP contribution in [0.1, 0.15) is 41.9 Å². The number of hydrogen-bond donors (Lipinski definition) is 1. The van der Waals surface area contributed by atoms with E-state index in [9.17, 15) is 0 Å². The molecule has 1 aromatic heterocycles. The van der Waals surface area contributed by atoms with Gasteiger partial charge in [0, 0.05) is 9.61 Å². The molecule has 0 bridgehead atoms. The fourth-order valence-corrected chi connectivity index (χ4v) is 3.30. The molecule has 2 rings (SSSR count). The summed E-state index contributed by atoms with van der Waals surface area (Å²) < 4.78 is 5.39. The predicted molar refractivity (Wildman–Crippen MR) is 88.7 cm³/mol. The van der Waals surface area contributed by atoms with Crippen molar-refractivity contribution in [2.45, 2.75) is 32.2 Å². The smallest absolute Gasteiger partial charge is 0.0829 e. The zero-order chi connectivity index (χ0) is 13.8. The standard InChI is InChI=1S/C14H18IN3S/c1-9(2)13-14(19-18-17-13)12(16-3)8-10-4-6-11(15)7-5-10/h4-7,9,12,16H,8H2,1-3H3. The lowest BCUT2D eigenvalue weighted by Gasteiger charge is -2.16. The summed E-state index contributed by atoms with van der Waals surface area (Å²) in [5.74, 6) is 0.418. The van der Waals surface area contributed by atoms with E-state index in [1.807, 2.05) is 7.05 Å². The van der Waals surface area contributed by atoms with Crippen LogP contribution in [0.15, 0.2) is 24.3 Å². The Bertz CT molecular complexity index is 522. The number of halogens is 1. The quantitative estimate of drug-likeness (QED) is 0.794. The normalized spacial score (nSPS) is 12.9. The first-order valence-corrected chi connectivity index (χ1v) is 8.21. The lowest BCUT2D eigenvalue weighted by Crippen LogP contribution is -2.19. The van der Waals surface area contributed by atoms with Gasteiger partial charge in [0.05, 0.1) is 10.6 Å². The molecule has 0 aliphatic heterocycles. The number of aromatic nitrogens is 2. The average Bonchev–Trinajstić information content (AvgIpc) is 2.87. The molecule has 2 aromatic rings. The lowest BCUT2D eigenvalue weighted by molar-refractivity contribution is 0.589. The van der Waals surface area contributed by atoms with Crippen LogP contribution >= 0.6 is 34.1 Å². The van der Waals surface area contributed by atoms with Crippen molar-refractivity contribution in [2.24, 2.45) is 0 Å². The van der Waals surface area contributed by atoms with E-state index in [0.29, 0.717) is 5.92 Å². The minimum Gasteiger partial charge on any atom is -0.312 e. The van der Waals surface area contributed by atoms with Gasteiger partial charge in [0.25, 0.3) is 0 Å². The van der Waals surface area contributed by atoms with Gasteiger partial charge in [-0.25, -0.2) is 0 Å². The van der Waals surface area contributed by atoms with Gasteiger partial charge in [0.15, 0.2) is 0 Å². The highest BCUT2D eigenvalue weighted by Crippen LogP contribution is 2.28. The summed E-state index contributed by atoms with van der Waals surface area (Å²) in [6.07, 6.45) is 0.969. The Hall–Kier alpha value is -0.530. The zero-order valence-corrected chi connectivity index (χ0v) is 14.3. The molecule has 102 valence electrons. The van der Waals surface area contributed by atoms with E-state index in [-0.39, 0.29) is 6.04 Å². The van der Waals surface area contributed by atoms with Crippen LogP contribution in [0.3, 0.4) is 0 Å². The summed E-state index contributed by atoms with van der Waals surface area (Å²) in [6, 6.07) is 8.97. The van der Waals surface area contributed by atoms with Crippen LogP contribution in [0, 0.1) is 3.57 Å². The second kappa shape index (κ2) is 6.76. The van der Waals surface area contributed by atoms with Crippen molar-refractivity contribution in [1.29, 1.82) is 0 Å². The van der Waals surface area contributed by atoms with E-state index in [0.717, 1.165) is 12.1 Å². The Morgan fingerprint density at radius 3 is 2.53 bits per heavy atom. The summed E-state index contributed by atoms with van der Waals surface area (Å²) in [4.78, 5) is 1.26. The lowest BCUT2D eigenvalue weighted by atomic mass is 10.0. The average molecular weight is 387 g/mol. The van der Waals surface area contributed by atoms with Crippen molar-refractivity contribution in [3.63, 3.8) is 0 Å². The molecule has 1 atom stereocenters. The molecule has 3 nitrogen and oxygen atoms in total. The first-order chi connectivity index (χ1) is 9.11. The summed E-state index contributed by atoms with van der Waals surface area (Å²) >= 11 is 3.84. The highest BCUT2D eigenvalue weighted by Gasteiger charge is 2.20. The summed E-state index contributed by atoms with van der Waals surface area (Å²) in [7, 11) is 2.00. The van der Waals surface area contributed by atoms with Crippen molar-refractivity contribution < 1.29 is 0 Å². The van der Waals surface area contributed by atoms with Crippen LogP contribution in [-0.2, 0) is 6.42 Å². The molecule has 0 aliphatic rings. The fourth-order valence-electron chi connectivity index (χ4n) is 2.03. The Labute approximate surface area is 132 Å². The molecule has 19 heavy (non-hydrogen) atoms. The number of rotatable bonds is 5. The van der Waals surface area contributed by atoms with Crippen LogP contribution in [0.5, 0.6) is 0 Å². The minimum atomic E-state index is 0.289. The number of hydrogen-bond acceptors (Lipinski definition) is 4. The van der Waals surface area contributed by atoms with Crippen LogP contribution < -0.4 is 5.32 Å². The Morgan fingerprint density at radius 2 is 1.95 bits per heavy atom. The molecule has 5 heteroatoms. The highest BCUT2D eigenvalue weighted by atomic mass is 127. The molecule has 0 fully saturated rings. The van der Waals surface area contributed by atoms with E-state index in [2.05, 4.69) is 75.6 Å². The largest absolute Gasteiger partial charge is 0.312 e. The first kappa shape index (κ1) is 14.9. The molecule has 1 N–H and O–H groups in total. The number of nitrogens with zero attached hydrogens (tertiary/aromatic N) is 2. The van der Waals surface area contributed by atoms with Crippen molar-refractivity contribution >= 4 is 34.1 Å². The monoisotopic (exact) mass is 387 g/mol. The van der Waals surface area contributed by atoms with E-state index >= 15 is 0 Å². The molecule has 1 aromatic carbocycles. The molecule has 0 saturated carbocycles.